The van der Waals surface area contributed by atoms with Gasteiger partial charge in [-0.15, -0.1) is 0 Å². The van der Waals surface area contributed by atoms with Crippen LogP contribution in [0.4, 0.5) is 5.69 Å². The molecule has 2 amide bonds. The molecule has 2 heterocycles. The second kappa shape index (κ2) is 7.65. The predicted molar refractivity (Wildman–Crippen MR) is 99.7 cm³/mol. The van der Waals surface area contributed by atoms with Gasteiger partial charge < -0.3 is 10.2 Å². The number of nitrogens with zero attached hydrogens (tertiary/aromatic N) is 2. The molecule has 1 N–H and O–H groups in total. The molecule has 0 unspecified atom stereocenters. The minimum absolute atomic E-state index is 0.132. The van der Waals surface area contributed by atoms with E-state index in [0.717, 1.165) is 24.9 Å². The van der Waals surface area contributed by atoms with Crippen molar-refractivity contribution in [3.05, 3.63) is 29.3 Å². The molecule has 1 aromatic rings. The normalized spacial score (nSPS) is 19.7. The second-order valence-electron chi connectivity index (χ2n) is 6.84. The first kappa shape index (κ1) is 18.7. The van der Waals surface area contributed by atoms with Crippen LogP contribution in [0.25, 0.3) is 0 Å². The van der Waals surface area contributed by atoms with E-state index in [9.17, 15) is 18.0 Å². The predicted octanol–water partition coefficient (Wildman–Crippen LogP) is 1.28. The Hall–Kier alpha value is -2.09. The van der Waals surface area contributed by atoms with E-state index in [1.165, 1.54) is 4.31 Å². The highest BCUT2D eigenvalue weighted by molar-refractivity contribution is 7.92. The maximum absolute atomic E-state index is 12.4. The van der Waals surface area contributed by atoms with Gasteiger partial charge in [0.1, 0.15) is 0 Å². The van der Waals surface area contributed by atoms with Gasteiger partial charge in [0.05, 0.1) is 11.4 Å². The molecule has 7 nitrogen and oxygen atoms in total. The lowest BCUT2D eigenvalue weighted by atomic mass is 10.1. The molecule has 1 aromatic carbocycles. The number of nitrogens with one attached hydrogen (secondary N) is 1. The van der Waals surface area contributed by atoms with Crippen LogP contribution in [-0.2, 0) is 14.8 Å². The van der Waals surface area contributed by atoms with Gasteiger partial charge in [0.25, 0.3) is 5.91 Å². The summed E-state index contributed by atoms with van der Waals surface area (Å²) in [5.74, 6) is 0.0201. The van der Waals surface area contributed by atoms with E-state index in [1.54, 1.807) is 23.1 Å². The molecule has 0 aromatic heterocycles. The Morgan fingerprint density at radius 3 is 2.69 bits per heavy atom. The van der Waals surface area contributed by atoms with Crippen molar-refractivity contribution < 1.29 is 18.0 Å². The smallest absolute Gasteiger partial charge is 0.251 e. The number of aryl methyl sites for hydroxylation is 1. The quantitative estimate of drug-likeness (QED) is 0.835. The SMILES string of the molecule is Cc1ccc(C(=O)NCCN2CCCC2=O)cc1N1CCCCS1(=O)=O. The molecule has 0 bridgehead atoms. The van der Waals surface area contributed by atoms with Gasteiger partial charge in [-0.2, -0.15) is 0 Å². The van der Waals surface area contributed by atoms with Gasteiger partial charge in [-0.25, -0.2) is 8.42 Å². The summed E-state index contributed by atoms with van der Waals surface area (Å²) in [6.45, 7) is 3.93. The molecule has 0 spiro atoms. The highest BCUT2D eigenvalue weighted by Gasteiger charge is 2.27. The minimum atomic E-state index is -3.32. The average molecular weight is 379 g/mol. The number of likely N-dealkylation sites (tertiary alicyclic amines) is 1. The van der Waals surface area contributed by atoms with Gasteiger partial charge in [-0.3, -0.25) is 13.9 Å². The van der Waals surface area contributed by atoms with Crippen LogP contribution in [0.1, 0.15) is 41.6 Å². The Labute approximate surface area is 154 Å². The summed E-state index contributed by atoms with van der Waals surface area (Å²) in [5, 5.41) is 2.82. The van der Waals surface area contributed by atoms with Crippen molar-refractivity contribution in [2.24, 2.45) is 0 Å². The third-order valence-corrected chi connectivity index (χ3v) is 6.78. The van der Waals surface area contributed by atoms with Crippen LogP contribution in [0, 0.1) is 6.92 Å². The second-order valence-corrected chi connectivity index (χ2v) is 8.85. The average Bonchev–Trinajstić information content (AvgIpc) is 3.00. The summed E-state index contributed by atoms with van der Waals surface area (Å²) in [6, 6.07) is 5.12. The molecule has 2 fully saturated rings. The van der Waals surface area contributed by atoms with Crippen molar-refractivity contribution in [2.75, 3.05) is 36.2 Å². The van der Waals surface area contributed by atoms with Gasteiger partial charge in [-0.1, -0.05) is 6.07 Å². The summed E-state index contributed by atoms with van der Waals surface area (Å²) in [4.78, 5) is 25.8. The maximum atomic E-state index is 12.4. The molecule has 2 aliphatic rings. The van der Waals surface area contributed by atoms with Crippen molar-refractivity contribution in [2.45, 2.75) is 32.6 Å². The number of rotatable bonds is 5. The minimum Gasteiger partial charge on any atom is -0.350 e. The van der Waals surface area contributed by atoms with Gasteiger partial charge >= 0.3 is 0 Å². The number of carbonyl (C=O) groups excluding carboxylic acids is 2. The van der Waals surface area contributed by atoms with Gasteiger partial charge in [0.15, 0.2) is 0 Å². The monoisotopic (exact) mass is 379 g/mol. The molecule has 2 aliphatic heterocycles. The Morgan fingerprint density at radius 1 is 1.19 bits per heavy atom. The lowest BCUT2D eigenvalue weighted by molar-refractivity contribution is -0.127. The third kappa shape index (κ3) is 4.00. The van der Waals surface area contributed by atoms with E-state index >= 15 is 0 Å². The standard InChI is InChI=1S/C18H25N3O4S/c1-14-6-7-15(13-16(14)21-10-2-3-12-26(21,24)25)18(23)19-8-11-20-9-4-5-17(20)22/h6-7,13H,2-5,8-12H2,1H3,(H,19,23). The zero-order valence-corrected chi connectivity index (χ0v) is 15.8. The van der Waals surface area contributed by atoms with Crippen LogP contribution >= 0.6 is 0 Å². The summed E-state index contributed by atoms with van der Waals surface area (Å²) in [5.41, 5.74) is 1.83. The van der Waals surface area contributed by atoms with Gasteiger partial charge in [-0.05, 0) is 43.9 Å². The summed E-state index contributed by atoms with van der Waals surface area (Å²) < 4.78 is 26.1. The maximum Gasteiger partial charge on any atom is 0.251 e. The Bertz CT molecular complexity index is 807. The highest BCUT2D eigenvalue weighted by Crippen LogP contribution is 2.28. The van der Waals surface area contributed by atoms with Crippen molar-refractivity contribution >= 4 is 27.5 Å². The molecule has 142 valence electrons. The fourth-order valence-electron chi connectivity index (χ4n) is 3.43. The van der Waals surface area contributed by atoms with Crippen molar-refractivity contribution in [1.82, 2.24) is 10.2 Å². The van der Waals surface area contributed by atoms with Crippen LogP contribution < -0.4 is 9.62 Å². The molecular weight excluding hydrogens is 354 g/mol. The van der Waals surface area contributed by atoms with Crippen LogP contribution in [-0.4, -0.2) is 57.1 Å². The number of anilines is 1. The lowest BCUT2D eigenvalue weighted by Crippen LogP contribution is -2.38. The molecular formula is C18H25N3O4S. The largest absolute Gasteiger partial charge is 0.350 e. The number of hydrogen-bond donors (Lipinski definition) is 1. The van der Waals surface area contributed by atoms with Crippen LogP contribution in [0.3, 0.4) is 0 Å². The first-order valence-electron chi connectivity index (χ1n) is 9.05. The lowest BCUT2D eigenvalue weighted by Gasteiger charge is -2.29. The van der Waals surface area contributed by atoms with Gasteiger partial charge in [0.2, 0.25) is 15.9 Å². The van der Waals surface area contributed by atoms with E-state index in [1.807, 2.05) is 6.92 Å². The zero-order valence-electron chi connectivity index (χ0n) is 15.0. The van der Waals surface area contributed by atoms with E-state index in [2.05, 4.69) is 5.32 Å². The zero-order chi connectivity index (χ0) is 18.7. The van der Waals surface area contributed by atoms with Crippen LogP contribution in [0.2, 0.25) is 0 Å². The number of amides is 2. The van der Waals surface area contributed by atoms with Crippen LogP contribution in [0.15, 0.2) is 18.2 Å². The molecule has 2 saturated heterocycles. The number of carbonyl (C=O) groups is 2. The molecule has 0 aliphatic carbocycles. The van der Waals surface area contributed by atoms with E-state index < -0.39 is 10.0 Å². The fourth-order valence-corrected chi connectivity index (χ4v) is 5.12. The number of benzene rings is 1. The van der Waals surface area contributed by atoms with Gasteiger partial charge in [0, 0.05) is 38.2 Å². The molecule has 3 rings (SSSR count). The Balaban J connectivity index is 1.68. The van der Waals surface area contributed by atoms with E-state index in [4.69, 9.17) is 0 Å². The topological polar surface area (TPSA) is 86.8 Å². The highest BCUT2D eigenvalue weighted by atomic mass is 32.2. The van der Waals surface area contributed by atoms with Crippen molar-refractivity contribution in [3.63, 3.8) is 0 Å². The summed E-state index contributed by atoms with van der Waals surface area (Å²) in [7, 11) is -3.32. The first-order valence-corrected chi connectivity index (χ1v) is 10.7. The van der Waals surface area contributed by atoms with Crippen molar-refractivity contribution in [3.8, 4) is 0 Å². The molecule has 0 radical (unpaired) electrons. The summed E-state index contributed by atoms with van der Waals surface area (Å²) in [6.07, 6.45) is 2.95. The molecule has 0 atom stereocenters. The Kier molecular flexibility index (Phi) is 5.50. The van der Waals surface area contributed by atoms with E-state index in [-0.39, 0.29) is 17.6 Å². The first-order chi connectivity index (χ1) is 12.4. The van der Waals surface area contributed by atoms with E-state index in [0.29, 0.717) is 43.7 Å². The summed E-state index contributed by atoms with van der Waals surface area (Å²) >= 11 is 0. The number of hydrogen-bond acceptors (Lipinski definition) is 4. The van der Waals surface area contributed by atoms with Crippen LogP contribution in [0.5, 0.6) is 0 Å². The third-order valence-electron chi connectivity index (χ3n) is 4.93. The molecule has 8 heteroatoms. The molecule has 26 heavy (non-hydrogen) atoms. The molecule has 0 saturated carbocycles. The fraction of sp³-hybridized carbons (Fsp3) is 0.556. The Morgan fingerprint density at radius 2 is 2.00 bits per heavy atom. The van der Waals surface area contributed by atoms with Crippen molar-refractivity contribution in [1.29, 1.82) is 0 Å². The number of sulfonamides is 1.